The third-order valence-electron chi connectivity index (χ3n) is 2.51. The molecule has 0 bridgehead atoms. The van der Waals surface area contributed by atoms with Gasteiger partial charge in [-0.15, -0.1) is 0 Å². The van der Waals surface area contributed by atoms with E-state index in [2.05, 4.69) is 4.98 Å². The summed E-state index contributed by atoms with van der Waals surface area (Å²) in [6.45, 7) is 3.79. The Morgan fingerprint density at radius 1 is 1.39 bits per heavy atom. The van der Waals surface area contributed by atoms with E-state index >= 15 is 0 Å². The van der Waals surface area contributed by atoms with Crippen molar-refractivity contribution < 1.29 is 14.3 Å². The molecule has 2 aromatic rings. The summed E-state index contributed by atoms with van der Waals surface area (Å²) >= 11 is 0. The Kier molecular flexibility index (Phi) is 3.77. The highest BCUT2D eigenvalue weighted by Gasteiger charge is 2.15. The molecule has 4 heteroatoms. The van der Waals surface area contributed by atoms with Crippen molar-refractivity contribution in [3.05, 3.63) is 36.5 Å². The fourth-order valence-corrected chi connectivity index (χ4v) is 1.63. The van der Waals surface area contributed by atoms with E-state index in [9.17, 15) is 4.79 Å². The summed E-state index contributed by atoms with van der Waals surface area (Å²) in [5.41, 5.74) is 0.839. The Bertz CT molecular complexity index is 553. The second kappa shape index (κ2) is 5.49. The molecule has 0 saturated carbocycles. The average molecular weight is 245 g/mol. The lowest BCUT2D eigenvalue weighted by molar-refractivity contribution is -0.150. The van der Waals surface area contributed by atoms with Gasteiger partial charge in [0, 0.05) is 17.6 Å². The minimum Gasteiger partial charge on any atom is -0.479 e. The molecule has 0 radical (unpaired) electrons. The van der Waals surface area contributed by atoms with E-state index in [1.807, 2.05) is 30.3 Å². The lowest BCUT2D eigenvalue weighted by Gasteiger charge is -2.13. The Balaban J connectivity index is 2.14. The van der Waals surface area contributed by atoms with Crippen molar-refractivity contribution in [2.24, 2.45) is 0 Å². The Labute approximate surface area is 106 Å². The van der Waals surface area contributed by atoms with Crippen molar-refractivity contribution in [3.8, 4) is 5.75 Å². The first-order valence-corrected chi connectivity index (χ1v) is 5.89. The average Bonchev–Trinajstić information content (AvgIpc) is 2.39. The van der Waals surface area contributed by atoms with Crippen LogP contribution in [0, 0.1) is 0 Å². The summed E-state index contributed by atoms with van der Waals surface area (Å²) in [5.74, 6) is 0.250. The topological polar surface area (TPSA) is 48.4 Å². The fraction of sp³-hybridized carbons (Fsp3) is 0.286. The lowest BCUT2D eigenvalue weighted by Crippen LogP contribution is -2.26. The number of carbonyl (C=O) groups is 1. The van der Waals surface area contributed by atoms with Crippen molar-refractivity contribution in [1.82, 2.24) is 4.98 Å². The van der Waals surface area contributed by atoms with Crippen LogP contribution in [0.1, 0.15) is 13.8 Å². The summed E-state index contributed by atoms with van der Waals surface area (Å²) < 4.78 is 10.4. The second-order valence-corrected chi connectivity index (χ2v) is 3.87. The van der Waals surface area contributed by atoms with Gasteiger partial charge in [-0.1, -0.05) is 6.07 Å². The molecule has 1 aromatic carbocycles. The molecule has 94 valence electrons. The summed E-state index contributed by atoms with van der Waals surface area (Å²) in [4.78, 5) is 15.7. The number of fused-ring (bicyclic) bond motifs is 1. The predicted molar refractivity (Wildman–Crippen MR) is 68.5 cm³/mol. The van der Waals surface area contributed by atoms with Crippen molar-refractivity contribution >= 4 is 16.9 Å². The zero-order chi connectivity index (χ0) is 13.0. The molecule has 1 unspecified atom stereocenters. The number of ether oxygens (including phenoxy) is 2. The van der Waals surface area contributed by atoms with Gasteiger partial charge in [0.25, 0.3) is 0 Å². The number of benzene rings is 1. The third kappa shape index (κ3) is 2.77. The van der Waals surface area contributed by atoms with Crippen molar-refractivity contribution in [1.29, 1.82) is 0 Å². The normalized spacial score (nSPS) is 12.1. The Morgan fingerprint density at radius 2 is 2.22 bits per heavy atom. The Morgan fingerprint density at radius 3 is 3.00 bits per heavy atom. The lowest BCUT2D eigenvalue weighted by atomic mass is 10.2. The second-order valence-electron chi connectivity index (χ2n) is 3.87. The SMILES string of the molecule is CCOC(=O)C(C)Oc1ccc2cccnc2c1. The zero-order valence-electron chi connectivity index (χ0n) is 10.4. The summed E-state index contributed by atoms with van der Waals surface area (Å²) in [7, 11) is 0. The van der Waals surface area contributed by atoms with E-state index in [-0.39, 0.29) is 5.97 Å². The summed E-state index contributed by atoms with van der Waals surface area (Å²) in [5, 5.41) is 1.04. The predicted octanol–water partition coefficient (Wildman–Crippen LogP) is 2.57. The number of rotatable bonds is 4. The third-order valence-corrected chi connectivity index (χ3v) is 2.51. The van der Waals surface area contributed by atoms with Crippen LogP contribution in [0.3, 0.4) is 0 Å². The van der Waals surface area contributed by atoms with Gasteiger partial charge < -0.3 is 9.47 Å². The molecular formula is C14H15NO3. The van der Waals surface area contributed by atoms with Crippen LogP contribution in [0.15, 0.2) is 36.5 Å². The monoisotopic (exact) mass is 245 g/mol. The van der Waals surface area contributed by atoms with E-state index in [1.165, 1.54) is 0 Å². The molecular weight excluding hydrogens is 230 g/mol. The number of hydrogen-bond acceptors (Lipinski definition) is 4. The van der Waals surface area contributed by atoms with E-state index in [0.717, 1.165) is 10.9 Å². The van der Waals surface area contributed by atoms with Gasteiger partial charge >= 0.3 is 5.97 Å². The number of esters is 1. The number of aromatic nitrogens is 1. The molecule has 0 saturated heterocycles. The van der Waals surface area contributed by atoms with E-state index in [1.54, 1.807) is 20.0 Å². The van der Waals surface area contributed by atoms with Crippen LogP contribution in [0.5, 0.6) is 5.75 Å². The molecule has 0 fully saturated rings. The highest BCUT2D eigenvalue weighted by Crippen LogP contribution is 2.19. The smallest absolute Gasteiger partial charge is 0.347 e. The first-order valence-electron chi connectivity index (χ1n) is 5.89. The maximum Gasteiger partial charge on any atom is 0.347 e. The minimum absolute atomic E-state index is 0.353. The quantitative estimate of drug-likeness (QED) is 0.777. The van der Waals surface area contributed by atoms with Crippen LogP contribution in [0.2, 0.25) is 0 Å². The molecule has 0 aliphatic carbocycles. The standard InChI is InChI=1S/C14H15NO3/c1-3-17-14(16)10(2)18-12-7-6-11-5-4-8-15-13(11)9-12/h4-10H,3H2,1-2H3. The zero-order valence-corrected chi connectivity index (χ0v) is 10.4. The molecule has 4 nitrogen and oxygen atoms in total. The number of carbonyl (C=O) groups excluding carboxylic acids is 1. The van der Waals surface area contributed by atoms with Crippen molar-refractivity contribution in [2.45, 2.75) is 20.0 Å². The summed E-state index contributed by atoms with van der Waals surface area (Å²) in [6.07, 6.45) is 1.10. The van der Waals surface area contributed by atoms with Gasteiger partial charge in [-0.05, 0) is 32.0 Å². The van der Waals surface area contributed by atoms with E-state index in [4.69, 9.17) is 9.47 Å². The molecule has 2 rings (SSSR count). The van der Waals surface area contributed by atoms with Gasteiger partial charge in [-0.3, -0.25) is 4.98 Å². The van der Waals surface area contributed by atoms with Crippen LogP contribution >= 0.6 is 0 Å². The molecule has 0 spiro atoms. The van der Waals surface area contributed by atoms with Crippen LogP contribution in [-0.4, -0.2) is 23.7 Å². The fourth-order valence-electron chi connectivity index (χ4n) is 1.63. The Hall–Kier alpha value is -2.10. The molecule has 18 heavy (non-hydrogen) atoms. The van der Waals surface area contributed by atoms with Gasteiger partial charge in [-0.2, -0.15) is 0 Å². The molecule has 0 N–H and O–H groups in total. The van der Waals surface area contributed by atoms with Crippen LogP contribution in [0.4, 0.5) is 0 Å². The van der Waals surface area contributed by atoms with Crippen LogP contribution < -0.4 is 4.74 Å². The minimum atomic E-state index is -0.619. The highest BCUT2D eigenvalue weighted by molar-refractivity contribution is 5.80. The highest BCUT2D eigenvalue weighted by atomic mass is 16.6. The molecule has 1 aromatic heterocycles. The molecule has 0 aliphatic rings. The molecule has 1 atom stereocenters. The van der Waals surface area contributed by atoms with Gasteiger partial charge in [-0.25, -0.2) is 4.79 Å². The van der Waals surface area contributed by atoms with Crippen molar-refractivity contribution in [3.63, 3.8) is 0 Å². The van der Waals surface area contributed by atoms with E-state index in [0.29, 0.717) is 12.4 Å². The van der Waals surface area contributed by atoms with E-state index < -0.39 is 6.10 Å². The number of hydrogen-bond donors (Lipinski definition) is 0. The number of nitrogens with zero attached hydrogens (tertiary/aromatic N) is 1. The maximum absolute atomic E-state index is 11.4. The first-order chi connectivity index (χ1) is 8.70. The first kappa shape index (κ1) is 12.4. The molecule has 0 aliphatic heterocycles. The maximum atomic E-state index is 11.4. The van der Waals surface area contributed by atoms with Crippen LogP contribution in [-0.2, 0) is 9.53 Å². The molecule has 1 heterocycles. The van der Waals surface area contributed by atoms with Gasteiger partial charge in [0.15, 0.2) is 6.10 Å². The van der Waals surface area contributed by atoms with Gasteiger partial charge in [0.2, 0.25) is 0 Å². The van der Waals surface area contributed by atoms with Gasteiger partial charge in [0.1, 0.15) is 5.75 Å². The largest absolute Gasteiger partial charge is 0.479 e. The number of pyridine rings is 1. The van der Waals surface area contributed by atoms with Crippen LogP contribution in [0.25, 0.3) is 10.9 Å². The molecule has 0 amide bonds. The summed E-state index contributed by atoms with van der Waals surface area (Å²) in [6, 6.07) is 9.39. The van der Waals surface area contributed by atoms with Gasteiger partial charge in [0.05, 0.1) is 12.1 Å². The van der Waals surface area contributed by atoms with Crippen molar-refractivity contribution in [2.75, 3.05) is 6.61 Å².